The summed E-state index contributed by atoms with van der Waals surface area (Å²) >= 11 is 0. The smallest absolute Gasteiger partial charge is 0.260 e. The number of ether oxygens (including phenoxy) is 1. The molecule has 0 saturated carbocycles. The van der Waals surface area contributed by atoms with E-state index < -0.39 is 35.9 Å². The molecule has 0 aliphatic carbocycles. The summed E-state index contributed by atoms with van der Waals surface area (Å²) in [6.45, 7) is -1.77. The Morgan fingerprint density at radius 2 is 1.26 bits per heavy atom. The molecule has 0 fully saturated rings. The summed E-state index contributed by atoms with van der Waals surface area (Å²) in [5.74, 6) is -2.27. The normalized spacial score (nSPS) is 9.61. The van der Waals surface area contributed by atoms with Crippen molar-refractivity contribution in [3.05, 3.63) is 0 Å². The highest BCUT2D eigenvalue weighted by Gasteiger charge is 2.08. The van der Waals surface area contributed by atoms with E-state index in [1.165, 1.54) is 7.05 Å². The van der Waals surface area contributed by atoms with Gasteiger partial charge in [0, 0.05) is 7.05 Å². The van der Waals surface area contributed by atoms with Crippen LogP contribution in [-0.2, 0) is 28.7 Å². The molecule has 2 radical (unpaired) electrons. The number of carbonyl (C=O) groups is 5. The summed E-state index contributed by atoms with van der Waals surface area (Å²) in [5.41, 5.74) is 3.92. The highest BCUT2D eigenvalue weighted by molar-refractivity contribution is 6.58. The van der Waals surface area contributed by atoms with Gasteiger partial charge in [0.15, 0.2) is 7.85 Å². The Hall–Kier alpha value is -2.47. The lowest BCUT2D eigenvalue weighted by Gasteiger charge is -2.08. The molecule has 0 atom stereocenters. The van der Waals surface area contributed by atoms with Crippen molar-refractivity contribution in [1.82, 2.24) is 26.8 Å². The number of hydrogen-bond donors (Lipinski definition) is 5. The van der Waals surface area contributed by atoms with Crippen molar-refractivity contribution in [2.24, 2.45) is 0 Å². The maximum atomic E-state index is 11.3. The van der Waals surface area contributed by atoms with Crippen LogP contribution in [0.1, 0.15) is 0 Å². The summed E-state index contributed by atoms with van der Waals surface area (Å²) in [6, 6.07) is 0. The first-order valence-electron chi connectivity index (χ1n) is 6.47. The van der Waals surface area contributed by atoms with Gasteiger partial charge in [-0.3, -0.25) is 24.6 Å². The number of rotatable bonds is 11. The molecule has 0 bridgehead atoms. The molecule has 126 valence electrons. The van der Waals surface area contributed by atoms with Crippen LogP contribution in [-0.4, -0.2) is 77.1 Å². The third-order valence-corrected chi connectivity index (χ3v) is 2.08. The molecule has 0 aliphatic rings. The zero-order chi connectivity index (χ0) is 17.7. The maximum Gasteiger partial charge on any atom is 0.260 e. The van der Waals surface area contributed by atoms with E-state index in [9.17, 15) is 24.0 Å². The minimum atomic E-state index is -0.708. The van der Waals surface area contributed by atoms with E-state index in [-0.39, 0.29) is 26.2 Å². The van der Waals surface area contributed by atoms with Gasteiger partial charge in [-0.05, 0) is 0 Å². The van der Waals surface area contributed by atoms with Crippen LogP contribution >= 0.6 is 0 Å². The predicted molar refractivity (Wildman–Crippen MR) is 77.8 cm³/mol. The second-order valence-electron chi connectivity index (χ2n) is 4.09. The zero-order valence-electron chi connectivity index (χ0n) is 12.6. The van der Waals surface area contributed by atoms with Crippen LogP contribution in [0.4, 0.5) is 0 Å². The van der Waals surface area contributed by atoms with E-state index >= 15 is 0 Å². The van der Waals surface area contributed by atoms with Crippen LogP contribution in [0.15, 0.2) is 0 Å². The lowest BCUT2D eigenvalue weighted by molar-refractivity contribution is -0.133. The molecule has 0 aliphatic heterocycles. The first-order chi connectivity index (χ1) is 10.8. The standard InChI is InChI=1S/C11H18BN5O6/c1-13-17-11(22)6-23-5-10(21)16-4-9(20)15-3-8(19)14-2-7(12)18/h13H,2-6H2,1H3,(H,14,19)(H,15,20)(H,16,21)(H,17,22). The Kier molecular flexibility index (Phi) is 10.8. The first-order valence-corrected chi connectivity index (χ1v) is 6.47. The second-order valence-corrected chi connectivity index (χ2v) is 4.09. The molecule has 5 N–H and O–H groups in total. The Balaban J connectivity index is 3.71. The van der Waals surface area contributed by atoms with Crippen LogP contribution in [0.3, 0.4) is 0 Å². The lowest BCUT2D eigenvalue weighted by atomic mass is 10.0. The number of amides is 4. The summed E-state index contributed by atoms with van der Waals surface area (Å²) < 4.78 is 4.79. The average Bonchev–Trinajstić information content (AvgIpc) is 2.49. The van der Waals surface area contributed by atoms with Gasteiger partial charge in [0.1, 0.15) is 13.2 Å². The van der Waals surface area contributed by atoms with Crippen LogP contribution in [0.5, 0.6) is 0 Å². The largest absolute Gasteiger partial charge is 0.362 e. The molecule has 0 rings (SSSR count). The van der Waals surface area contributed by atoms with E-state index in [0.29, 0.717) is 0 Å². The molecule has 0 heterocycles. The lowest BCUT2D eigenvalue weighted by Crippen LogP contribution is -2.43. The van der Waals surface area contributed by atoms with E-state index in [1.54, 1.807) is 0 Å². The minimum absolute atomic E-state index is 0.319. The van der Waals surface area contributed by atoms with Crippen molar-refractivity contribution in [3.8, 4) is 0 Å². The summed E-state index contributed by atoms with van der Waals surface area (Å²) in [5, 5.41) is 6.63. The molecule has 0 aromatic heterocycles. The molecule has 0 aromatic rings. The maximum absolute atomic E-state index is 11.3. The molecule has 0 spiro atoms. The van der Waals surface area contributed by atoms with Crippen LogP contribution in [0.2, 0.25) is 0 Å². The van der Waals surface area contributed by atoms with Crippen LogP contribution < -0.4 is 26.8 Å². The molecular formula is C11H18BN5O6. The Labute approximate surface area is 133 Å². The molecule has 12 heteroatoms. The van der Waals surface area contributed by atoms with E-state index in [0.717, 1.165) is 0 Å². The van der Waals surface area contributed by atoms with Crippen molar-refractivity contribution >= 4 is 37.2 Å². The van der Waals surface area contributed by atoms with Crippen molar-refractivity contribution in [3.63, 3.8) is 0 Å². The highest BCUT2D eigenvalue weighted by Crippen LogP contribution is 1.76. The molecule has 23 heavy (non-hydrogen) atoms. The summed E-state index contributed by atoms with van der Waals surface area (Å²) in [7, 11) is 6.32. The SMILES string of the molecule is [B]C(=O)CNC(=O)CNC(=O)CNC(=O)COCC(=O)NNC. The van der Waals surface area contributed by atoms with Gasteiger partial charge in [-0.25, -0.2) is 5.43 Å². The van der Waals surface area contributed by atoms with E-state index in [1.807, 2.05) is 0 Å². The van der Waals surface area contributed by atoms with E-state index in [2.05, 4.69) is 26.8 Å². The van der Waals surface area contributed by atoms with Gasteiger partial charge in [0.05, 0.1) is 25.3 Å². The third kappa shape index (κ3) is 13.0. The van der Waals surface area contributed by atoms with Gasteiger partial charge in [-0.2, -0.15) is 0 Å². The van der Waals surface area contributed by atoms with Gasteiger partial charge in [-0.1, -0.05) is 0 Å². The fourth-order valence-corrected chi connectivity index (χ4v) is 1.13. The van der Waals surface area contributed by atoms with Crippen molar-refractivity contribution in [1.29, 1.82) is 0 Å². The van der Waals surface area contributed by atoms with Gasteiger partial charge in [0.25, 0.3) is 5.91 Å². The Morgan fingerprint density at radius 1 is 0.783 bits per heavy atom. The monoisotopic (exact) mass is 327 g/mol. The predicted octanol–water partition coefficient (Wildman–Crippen LogP) is -4.70. The number of carbonyl (C=O) groups excluding carboxylic acids is 5. The second kappa shape index (κ2) is 12.1. The van der Waals surface area contributed by atoms with Gasteiger partial charge < -0.3 is 25.5 Å². The quantitative estimate of drug-likeness (QED) is 0.189. The molecule has 11 nitrogen and oxygen atoms in total. The number of nitrogens with one attached hydrogen (secondary N) is 5. The zero-order valence-corrected chi connectivity index (χ0v) is 12.6. The fraction of sp³-hybridized carbons (Fsp3) is 0.545. The van der Waals surface area contributed by atoms with Gasteiger partial charge in [0.2, 0.25) is 17.7 Å². The summed E-state index contributed by atoms with van der Waals surface area (Å²) in [6.07, 6.45) is 0. The minimum Gasteiger partial charge on any atom is -0.362 e. The number of hydrogen-bond acceptors (Lipinski definition) is 7. The Bertz CT molecular complexity index is 458. The molecule has 0 saturated heterocycles. The van der Waals surface area contributed by atoms with Crippen LogP contribution in [0.25, 0.3) is 0 Å². The van der Waals surface area contributed by atoms with Crippen LogP contribution in [0, 0.1) is 0 Å². The Morgan fingerprint density at radius 3 is 1.78 bits per heavy atom. The molecule has 0 aromatic carbocycles. The molecule has 4 amide bonds. The van der Waals surface area contributed by atoms with E-state index in [4.69, 9.17) is 12.6 Å². The summed E-state index contributed by atoms with van der Waals surface area (Å²) in [4.78, 5) is 55.2. The van der Waals surface area contributed by atoms with Crippen molar-refractivity contribution in [2.45, 2.75) is 0 Å². The molecule has 0 unspecified atom stereocenters. The third-order valence-electron chi connectivity index (χ3n) is 2.08. The number of hydrazine groups is 1. The van der Waals surface area contributed by atoms with Gasteiger partial charge >= 0.3 is 0 Å². The fourth-order valence-electron chi connectivity index (χ4n) is 1.13. The molecular weight excluding hydrogens is 309 g/mol. The van der Waals surface area contributed by atoms with Crippen molar-refractivity contribution in [2.75, 3.05) is 39.9 Å². The highest BCUT2D eigenvalue weighted by atomic mass is 16.5. The first kappa shape index (κ1) is 20.5. The topological polar surface area (TPSA) is 155 Å². The average molecular weight is 327 g/mol. The van der Waals surface area contributed by atoms with Crippen molar-refractivity contribution < 1.29 is 28.7 Å². The van der Waals surface area contributed by atoms with Gasteiger partial charge in [-0.15, -0.1) is 0 Å².